The molecular weight excluding hydrogens is 808 g/mol. The number of para-hydroxylation sites is 2. The molecule has 9 aromatic carbocycles. The fourth-order valence-corrected chi connectivity index (χ4v) is 9.66. The molecule has 0 aliphatic carbocycles. The van der Waals surface area contributed by atoms with E-state index in [0.717, 1.165) is 100.0 Å². The topological polar surface area (TPSA) is 14.2 Å². The summed E-state index contributed by atoms with van der Waals surface area (Å²) in [4.78, 5) is 4.20. The van der Waals surface area contributed by atoms with Crippen molar-refractivity contribution in [2.45, 2.75) is 26.9 Å². The summed E-state index contributed by atoms with van der Waals surface area (Å²) in [5.41, 5.74) is 15.7. The number of aromatic nitrogens is 2. The average Bonchev–Trinajstić information content (AvgIpc) is 3.83. The standard InChI is InChI=1S/C59H40F3N3/c1-36-16-20-39(21-17-36)41-24-29-54-48(33-41)46-10-5-7-13-52(46)64(54)56-31-26-43(45-28-27-44(32-38(45)3)59(60,61)62)35-50(56)58-51(63-4)12-9-15-57(58)65-53-14-8-6-11-47(53)49-34-42(25-30-55(49)65)40-22-18-37(2)19-23-40/h5-35H,1-3H3. The minimum atomic E-state index is -4.47. The molecule has 0 N–H and O–H groups in total. The highest BCUT2D eigenvalue weighted by Gasteiger charge is 2.31. The lowest BCUT2D eigenvalue weighted by Crippen LogP contribution is -2.05. The van der Waals surface area contributed by atoms with Crippen LogP contribution in [-0.4, -0.2) is 9.13 Å². The van der Waals surface area contributed by atoms with Crippen molar-refractivity contribution in [2.24, 2.45) is 0 Å². The molecule has 0 saturated carbocycles. The van der Waals surface area contributed by atoms with Crippen molar-refractivity contribution in [3.05, 3.63) is 222 Å². The molecule has 312 valence electrons. The molecule has 2 heterocycles. The first-order valence-corrected chi connectivity index (χ1v) is 21.6. The fraction of sp³-hybridized carbons (Fsp3) is 0.0678. The van der Waals surface area contributed by atoms with Gasteiger partial charge in [0, 0.05) is 32.8 Å². The maximum Gasteiger partial charge on any atom is 0.416 e. The van der Waals surface area contributed by atoms with Gasteiger partial charge < -0.3 is 9.13 Å². The van der Waals surface area contributed by atoms with Gasteiger partial charge in [-0.1, -0.05) is 132 Å². The van der Waals surface area contributed by atoms with Crippen molar-refractivity contribution in [1.29, 1.82) is 0 Å². The summed E-state index contributed by atoms with van der Waals surface area (Å²) < 4.78 is 46.4. The van der Waals surface area contributed by atoms with Gasteiger partial charge in [0.1, 0.15) is 0 Å². The Morgan fingerprint density at radius 3 is 1.46 bits per heavy atom. The monoisotopic (exact) mass is 847 g/mol. The second-order valence-electron chi connectivity index (χ2n) is 16.9. The summed E-state index contributed by atoms with van der Waals surface area (Å²) in [5.74, 6) is 0. The van der Waals surface area contributed by atoms with Crippen molar-refractivity contribution in [3.8, 4) is 55.9 Å². The average molecular weight is 848 g/mol. The molecule has 11 rings (SSSR count). The predicted molar refractivity (Wildman–Crippen MR) is 262 cm³/mol. The Morgan fingerprint density at radius 2 is 0.923 bits per heavy atom. The first-order chi connectivity index (χ1) is 31.6. The molecule has 0 spiro atoms. The number of benzene rings is 9. The van der Waals surface area contributed by atoms with Crippen molar-refractivity contribution < 1.29 is 13.2 Å². The highest BCUT2D eigenvalue weighted by Crippen LogP contribution is 2.47. The van der Waals surface area contributed by atoms with Gasteiger partial charge in [0.2, 0.25) is 0 Å². The van der Waals surface area contributed by atoms with Crippen molar-refractivity contribution in [3.63, 3.8) is 0 Å². The number of hydrogen-bond donors (Lipinski definition) is 0. The second kappa shape index (κ2) is 15.3. The summed E-state index contributed by atoms with van der Waals surface area (Å²) >= 11 is 0. The van der Waals surface area contributed by atoms with Crippen LogP contribution in [0.2, 0.25) is 0 Å². The van der Waals surface area contributed by atoms with E-state index in [0.29, 0.717) is 16.8 Å². The van der Waals surface area contributed by atoms with Gasteiger partial charge in [-0.15, -0.1) is 0 Å². The van der Waals surface area contributed by atoms with E-state index < -0.39 is 11.7 Å². The van der Waals surface area contributed by atoms with Crippen LogP contribution in [0.15, 0.2) is 188 Å². The number of aryl methyl sites for hydroxylation is 3. The largest absolute Gasteiger partial charge is 0.416 e. The Bertz CT molecular complexity index is 3730. The number of rotatable bonds is 6. The molecule has 2 aromatic heterocycles. The van der Waals surface area contributed by atoms with Gasteiger partial charge >= 0.3 is 6.18 Å². The lowest BCUT2D eigenvalue weighted by atomic mass is 9.92. The van der Waals surface area contributed by atoms with Gasteiger partial charge in [0.05, 0.1) is 39.9 Å². The SMILES string of the molecule is [C-]#[N+]c1cccc(-n2c3ccccc3c3cc(-c4ccc(C)cc4)ccc32)c1-c1cc(-c2ccc(C(F)(F)F)cc2C)ccc1-n1c2ccccc2c2cc(-c3ccc(C)cc3)ccc21. The minimum absolute atomic E-state index is 0.453. The van der Waals surface area contributed by atoms with Gasteiger partial charge in [-0.25, -0.2) is 4.85 Å². The van der Waals surface area contributed by atoms with Gasteiger partial charge in [-0.05, 0) is 132 Å². The van der Waals surface area contributed by atoms with Gasteiger partial charge in [-0.3, -0.25) is 0 Å². The lowest BCUT2D eigenvalue weighted by molar-refractivity contribution is -0.137. The van der Waals surface area contributed by atoms with Crippen LogP contribution in [0.25, 0.3) is 104 Å². The molecule has 3 nitrogen and oxygen atoms in total. The van der Waals surface area contributed by atoms with Crippen LogP contribution in [0.5, 0.6) is 0 Å². The van der Waals surface area contributed by atoms with Gasteiger partial charge in [-0.2, -0.15) is 13.2 Å². The fourth-order valence-electron chi connectivity index (χ4n) is 9.66. The molecule has 0 aliphatic heterocycles. The van der Waals surface area contributed by atoms with Gasteiger partial charge in [0.25, 0.3) is 0 Å². The number of halogens is 3. The third-order valence-corrected chi connectivity index (χ3v) is 12.9. The van der Waals surface area contributed by atoms with Crippen molar-refractivity contribution in [1.82, 2.24) is 9.13 Å². The maximum atomic E-state index is 14.0. The molecule has 65 heavy (non-hydrogen) atoms. The first kappa shape index (κ1) is 39.7. The van der Waals surface area contributed by atoms with Crippen molar-refractivity contribution in [2.75, 3.05) is 0 Å². The third kappa shape index (κ3) is 6.67. The zero-order valence-electron chi connectivity index (χ0n) is 35.9. The number of hydrogen-bond acceptors (Lipinski definition) is 0. The van der Waals surface area contributed by atoms with E-state index in [1.54, 1.807) is 13.0 Å². The van der Waals surface area contributed by atoms with E-state index in [4.69, 9.17) is 6.57 Å². The molecule has 0 aliphatic rings. The number of alkyl halides is 3. The van der Waals surface area contributed by atoms with Crippen LogP contribution < -0.4 is 0 Å². The number of nitrogens with zero attached hydrogens (tertiary/aromatic N) is 3. The molecular formula is C59H40F3N3. The van der Waals surface area contributed by atoms with E-state index in [1.165, 1.54) is 17.2 Å². The Labute approximate surface area is 374 Å². The Kier molecular flexibility index (Phi) is 9.34. The highest BCUT2D eigenvalue weighted by atomic mass is 19.4. The Balaban J connectivity index is 1.21. The Hall–Kier alpha value is -8.14. The second-order valence-corrected chi connectivity index (χ2v) is 16.9. The Morgan fingerprint density at radius 1 is 0.415 bits per heavy atom. The summed E-state index contributed by atoms with van der Waals surface area (Å²) in [6, 6.07) is 62.9. The zero-order chi connectivity index (χ0) is 44.6. The highest BCUT2D eigenvalue weighted by molar-refractivity contribution is 6.13. The molecule has 0 atom stereocenters. The lowest BCUT2D eigenvalue weighted by Gasteiger charge is -2.21. The van der Waals surface area contributed by atoms with E-state index in [2.05, 4.69) is 167 Å². The third-order valence-electron chi connectivity index (χ3n) is 12.9. The molecule has 11 aromatic rings. The molecule has 0 saturated heterocycles. The summed E-state index contributed by atoms with van der Waals surface area (Å²) in [6.45, 7) is 14.6. The van der Waals surface area contributed by atoms with E-state index in [9.17, 15) is 13.2 Å². The molecule has 6 heteroatoms. The summed E-state index contributed by atoms with van der Waals surface area (Å²) in [5, 5.41) is 4.32. The van der Waals surface area contributed by atoms with Crippen LogP contribution in [0.4, 0.5) is 18.9 Å². The van der Waals surface area contributed by atoms with E-state index in [-0.39, 0.29) is 0 Å². The molecule has 0 unspecified atom stereocenters. The van der Waals surface area contributed by atoms with Crippen LogP contribution in [0.3, 0.4) is 0 Å². The van der Waals surface area contributed by atoms with Crippen molar-refractivity contribution >= 4 is 49.3 Å². The van der Waals surface area contributed by atoms with Crippen LogP contribution in [-0.2, 0) is 6.18 Å². The minimum Gasteiger partial charge on any atom is -0.310 e. The van der Waals surface area contributed by atoms with Crippen LogP contribution >= 0.6 is 0 Å². The van der Waals surface area contributed by atoms with E-state index in [1.807, 2.05) is 30.3 Å². The molecule has 0 bridgehead atoms. The number of fused-ring (bicyclic) bond motifs is 6. The normalized spacial score (nSPS) is 11.8. The molecule has 0 amide bonds. The van der Waals surface area contributed by atoms with Crippen LogP contribution in [0, 0.1) is 27.3 Å². The predicted octanol–water partition coefficient (Wildman–Crippen LogP) is 17.0. The summed E-state index contributed by atoms with van der Waals surface area (Å²) in [7, 11) is 0. The smallest absolute Gasteiger partial charge is 0.310 e. The first-order valence-electron chi connectivity index (χ1n) is 21.6. The quantitative estimate of drug-likeness (QED) is 0.148. The maximum absolute atomic E-state index is 14.0. The molecule has 0 radical (unpaired) electrons. The van der Waals surface area contributed by atoms with Gasteiger partial charge in [0.15, 0.2) is 5.69 Å². The van der Waals surface area contributed by atoms with E-state index >= 15 is 0 Å². The summed E-state index contributed by atoms with van der Waals surface area (Å²) in [6.07, 6.45) is -4.47. The zero-order valence-corrected chi connectivity index (χ0v) is 35.9. The van der Waals surface area contributed by atoms with Crippen LogP contribution in [0.1, 0.15) is 22.3 Å². The molecule has 0 fully saturated rings.